The van der Waals surface area contributed by atoms with E-state index in [4.69, 9.17) is 5.73 Å². The smallest absolute Gasteiger partial charge is 0.254 e. The Balaban J connectivity index is 1.81. The molecule has 0 amide bonds. The fraction of sp³-hybridized carbons (Fsp3) is 0.611. The number of hydrogen-bond donors (Lipinski definition) is 2. The maximum atomic E-state index is 11.3. The highest BCUT2D eigenvalue weighted by atomic mass is 16.3. The van der Waals surface area contributed by atoms with Gasteiger partial charge in [-0.25, -0.2) is 4.98 Å². The number of anilines is 1. The summed E-state index contributed by atoms with van der Waals surface area (Å²) in [6, 6.07) is 0. The predicted octanol–water partition coefficient (Wildman–Crippen LogP) is 1.94. The van der Waals surface area contributed by atoms with Crippen LogP contribution in [-0.4, -0.2) is 30.3 Å². The fourth-order valence-electron chi connectivity index (χ4n) is 4.76. The van der Waals surface area contributed by atoms with Crippen LogP contribution in [0.2, 0.25) is 0 Å². The summed E-state index contributed by atoms with van der Waals surface area (Å²) in [5.74, 6) is 7.67. The van der Waals surface area contributed by atoms with E-state index in [1.54, 1.807) is 0 Å². The number of nitrogen functional groups attached to an aromatic ring is 1. The summed E-state index contributed by atoms with van der Waals surface area (Å²) < 4.78 is 1.48. The van der Waals surface area contributed by atoms with Gasteiger partial charge in [-0.1, -0.05) is 32.6 Å². The van der Waals surface area contributed by atoms with Crippen LogP contribution >= 0.6 is 0 Å². The fourth-order valence-corrected chi connectivity index (χ4v) is 4.76. The standard InChI is InChI=1S/C18H23N5O/c1-11-13(14(19)23-15(22-11)20-10-21-23)6-8-18(24)9-12-5-7-17(18,4)16(12,2)3/h10,12,24H,5,7,9,19H2,1-4H3/t12-,17-,18-/m1/s1. The largest absolute Gasteiger partial charge is 0.382 e. The highest BCUT2D eigenvalue weighted by molar-refractivity contribution is 5.58. The minimum Gasteiger partial charge on any atom is -0.382 e. The van der Waals surface area contributed by atoms with Crippen LogP contribution in [-0.2, 0) is 0 Å². The van der Waals surface area contributed by atoms with Gasteiger partial charge >= 0.3 is 0 Å². The molecule has 6 heteroatoms. The minimum atomic E-state index is -0.990. The molecule has 4 rings (SSSR count). The van der Waals surface area contributed by atoms with Crippen LogP contribution in [0.25, 0.3) is 5.78 Å². The first kappa shape index (κ1) is 15.4. The van der Waals surface area contributed by atoms with E-state index in [-0.39, 0.29) is 10.8 Å². The van der Waals surface area contributed by atoms with E-state index >= 15 is 0 Å². The van der Waals surface area contributed by atoms with Gasteiger partial charge in [-0.2, -0.15) is 14.6 Å². The van der Waals surface area contributed by atoms with Crippen molar-refractivity contribution in [1.82, 2.24) is 19.6 Å². The number of aryl methyl sites for hydroxylation is 1. The second kappa shape index (κ2) is 4.48. The van der Waals surface area contributed by atoms with Gasteiger partial charge in [0, 0.05) is 5.41 Å². The molecule has 3 atom stereocenters. The third-order valence-corrected chi connectivity index (χ3v) is 6.93. The van der Waals surface area contributed by atoms with Gasteiger partial charge in [0.15, 0.2) is 0 Å². The van der Waals surface area contributed by atoms with Crippen LogP contribution in [0.15, 0.2) is 6.33 Å². The van der Waals surface area contributed by atoms with Crippen molar-refractivity contribution in [2.45, 2.75) is 52.6 Å². The van der Waals surface area contributed by atoms with Crippen molar-refractivity contribution < 1.29 is 5.11 Å². The SMILES string of the molecule is Cc1nc2ncnn2c(N)c1C#C[C@@]1(O)C[C@H]2CC[C@]1(C)C2(C)C. The van der Waals surface area contributed by atoms with Gasteiger partial charge in [0.25, 0.3) is 5.78 Å². The molecule has 2 bridgehead atoms. The highest BCUT2D eigenvalue weighted by Crippen LogP contribution is 2.69. The summed E-state index contributed by atoms with van der Waals surface area (Å²) in [5, 5.41) is 15.4. The molecule has 6 nitrogen and oxygen atoms in total. The molecule has 2 aromatic heterocycles. The minimum absolute atomic E-state index is 0.0884. The van der Waals surface area contributed by atoms with Gasteiger partial charge in [-0.05, 0) is 37.5 Å². The van der Waals surface area contributed by atoms with Gasteiger partial charge in [0.1, 0.15) is 17.7 Å². The molecule has 3 N–H and O–H groups in total. The molecular formula is C18H23N5O. The molecular weight excluding hydrogens is 302 g/mol. The second-order valence-corrected chi connectivity index (χ2v) is 8.03. The summed E-state index contributed by atoms with van der Waals surface area (Å²) in [4.78, 5) is 8.44. The maximum Gasteiger partial charge on any atom is 0.254 e. The highest BCUT2D eigenvalue weighted by Gasteiger charge is 2.68. The van der Waals surface area contributed by atoms with Gasteiger partial charge in [0.05, 0.1) is 11.3 Å². The Morgan fingerprint density at radius 3 is 2.75 bits per heavy atom. The summed E-state index contributed by atoms with van der Waals surface area (Å²) >= 11 is 0. The summed E-state index contributed by atoms with van der Waals surface area (Å²) in [5.41, 5.74) is 6.41. The molecule has 0 spiro atoms. The van der Waals surface area contributed by atoms with E-state index in [1.165, 1.54) is 17.3 Å². The van der Waals surface area contributed by atoms with Crippen LogP contribution in [0.3, 0.4) is 0 Å². The van der Waals surface area contributed by atoms with E-state index in [2.05, 4.69) is 47.7 Å². The lowest BCUT2D eigenvalue weighted by Crippen LogP contribution is -2.46. The van der Waals surface area contributed by atoms with Crippen LogP contribution in [0.5, 0.6) is 0 Å². The number of aromatic nitrogens is 4. The zero-order chi connectivity index (χ0) is 17.3. The molecule has 0 aliphatic heterocycles. The summed E-state index contributed by atoms with van der Waals surface area (Å²) in [7, 11) is 0. The van der Waals surface area contributed by atoms with Crippen LogP contribution < -0.4 is 5.73 Å². The van der Waals surface area contributed by atoms with E-state index in [1.807, 2.05) is 6.92 Å². The Labute approximate surface area is 141 Å². The van der Waals surface area contributed by atoms with Crippen molar-refractivity contribution >= 4 is 11.6 Å². The van der Waals surface area contributed by atoms with Crippen LogP contribution in [0.4, 0.5) is 5.82 Å². The average Bonchev–Trinajstić information content (AvgIpc) is 3.09. The molecule has 0 radical (unpaired) electrons. The van der Waals surface area contributed by atoms with Crippen molar-refractivity contribution in [3.05, 3.63) is 17.6 Å². The molecule has 2 aliphatic carbocycles. The quantitative estimate of drug-likeness (QED) is 0.723. The van der Waals surface area contributed by atoms with E-state index in [0.29, 0.717) is 28.8 Å². The van der Waals surface area contributed by atoms with Crippen molar-refractivity contribution in [3.8, 4) is 11.8 Å². The van der Waals surface area contributed by atoms with Gasteiger partial charge in [-0.3, -0.25) is 0 Å². The lowest BCUT2D eigenvalue weighted by Gasteiger charge is -2.42. The Morgan fingerprint density at radius 1 is 1.38 bits per heavy atom. The first-order chi connectivity index (χ1) is 11.2. The van der Waals surface area contributed by atoms with Gasteiger partial charge in [0.2, 0.25) is 0 Å². The van der Waals surface area contributed by atoms with Crippen molar-refractivity contribution in [3.63, 3.8) is 0 Å². The Hall–Kier alpha value is -2.13. The van der Waals surface area contributed by atoms with Crippen LogP contribution in [0, 0.1) is 35.5 Å². The molecule has 2 heterocycles. The monoisotopic (exact) mass is 325 g/mol. The van der Waals surface area contributed by atoms with Crippen molar-refractivity contribution in [1.29, 1.82) is 0 Å². The molecule has 0 aromatic carbocycles. The maximum absolute atomic E-state index is 11.3. The lowest BCUT2D eigenvalue weighted by atomic mass is 9.64. The van der Waals surface area contributed by atoms with E-state index < -0.39 is 5.60 Å². The third-order valence-electron chi connectivity index (χ3n) is 6.93. The number of nitrogens with zero attached hydrogens (tertiary/aromatic N) is 4. The molecule has 2 aromatic rings. The topological polar surface area (TPSA) is 89.3 Å². The first-order valence-corrected chi connectivity index (χ1v) is 8.41. The third kappa shape index (κ3) is 1.68. The number of aliphatic hydroxyl groups is 1. The number of hydrogen-bond acceptors (Lipinski definition) is 5. The molecule has 2 aliphatic rings. The van der Waals surface area contributed by atoms with Crippen molar-refractivity contribution in [2.75, 3.05) is 5.73 Å². The summed E-state index contributed by atoms with van der Waals surface area (Å²) in [6.45, 7) is 8.54. The number of fused-ring (bicyclic) bond motifs is 3. The van der Waals surface area contributed by atoms with Gasteiger partial charge < -0.3 is 10.8 Å². The normalized spacial score (nSPS) is 33.6. The van der Waals surface area contributed by atoms with E-state index in [9.17, 15) is 5.11 Å². The zero-order valence-electron chi connectivity index (χ0n) is 14.6. The molecule has 0 saturated heterocycles. The zero-order valence-corrected chi connectivity index (χ0v) is 14.6. The number of rotatable bonds is 0. The molecule has 2 fully saturated rings. The van der Waals surface area contributed by atoms with Gasteiger partial charge in [-0.15, -0.1) is 0 Å². The molecule has 126 valence electrons. The van der Waals surface area contributed by atoms with E-state index in [0.717, 1.165) is 12.8 Å². The summed E-state index contributed by atoms with van der Waals surface area (Å²) in [6.07, 6.45) is 4.32. The van der Waals surface area contributed by atoms with Crippen LogP contribution in [0.1, 0.15) is 51.3 Å². The molecule has 2 saturated carbocycles. The predicted molar refractivity (Wildman–Crippen MR) is 91.0 cm³/mol. The number of nitrogens with two attached hydrogens (primary N) is 1. The Bertz CT molecular complexity index is 905. The average molecular weight is 325 g/mol. The Kier molecular flexibility index (Phi) is 2.88. The lowest BCUT2D eigenvalue weighted by molar-refractivity contribution is -0.0432. The second-order valence-electron chi connectivity index (χ2n) is 8.03. The van der Waals surface area contributed by atoms with Crippen molar-refractivity contribution in [2.24, 2.45) is 16.7 Å². The molecule has 24 heavy (non-hydrogen) atoms. The first-order valence-electron chi connectivity index (χ1n) is 8.41. The Morgan fingerprint density at radius 2 is 2.12 bits per heavy atom. The molecule has 0 unspecified atom stereocenters.